The molecule has 1 aromatic rings. The van der Waals surface area contributed by atoms with Gasteiger partial charge in [-0.3, -0.25) is 9.59 Å². The lowest BCUT2D eigenvalue weighted by molar-refractivity contribution is -0.129. The zero-order valence-electron chi connectivity index (χ0n) is 11.7. The minimum Gasteiger partial charge on any atom is -0.383 e. The number of amides is 2. The third-order valence-electron chi connectivity index (χ3n) is 3.23. The van der Waals surface area contributed by atoms with E-state index in [9.17, 15) is 9.59 Å². The molecule has 1 aromatic heterocycles. The molecule has 2 amide bonds. The van der Waals surface area contributed by atoms with Gasteiger partial charge in [0, 0.05) is 37.7 Å². The number of hydrogen-bond acceptors (Lipinski definition) is 5. The highest BCUT2D eigenvalue weighted by Gasteiger charge is 2.33. The van der Waals surface area contributed by atoms with Crippen LogP contribution >= 0.6 is 11.3 Å². The molecule has 1 atom stereocenters. The summed E-state index contributed by atoms with van der Waals surface area (Å²) in [5.74, 6) is -0.321. The van der Waals surface area contributed by atoms with Gasteiger partial charge < -0.3 is 15.0 Å². The van der Waals surface area contributed by atoms with Crippen LogP contribution in [-0.4, -0.2) is 48.5 Å². The zero-order valence-corrected chi connectivity index (χ0v) is 12.5. The smallest absolute Gasteiger partial charge is 0.225 e. The number of carbonyl (C=O) groups excluding carboxylic acids is 2. The van der Waals surface area contributed by atoms with E-state index in [0.717, 1.165) is 10.7 Å². The quantitative estimate of drug-likeness (QED) is 0.833. The summed E-state index contributed by atoms with van der Waals surface area (Å²) in [6.07, 6.45) is 0.284. The molecular formula is C13H19N3O3S. The summed E-state index contributed by atoms with van der Waals surface area (Å²) in [5, 5.41) is 5.69. The van der Waals surface area contributed by atoms with Gasteiger partial charge in [-0.2, -0.15) is 0 Å². The van der Waals surface area contributed by atoms with Crippen molar-refractivity contribution >= 4 is 23.2 Å². The minimum atomic E-state index is -0.264. The van der Waals surface area contributed by atoms with Crippen molar-refractivity contribution in [3.63, 3.8) is 0 Å². The fourth-order valence-corrected chi connectivity index (χ4v) is 2.87. The number of rotatable bonds is 6. The fourth-order valence-electron chi connectivity index (χ4n) is 2.16. The number of ether oxygens (including phenoxy) is 1. The molecule has 1 aliphatic rings. The first-order chi connectivity index (χ1) is 9.60. The van der Waals surface area contributed by atoms with Crippen molar-refractivity contribution in [2.75, 3.05) is 26.8 Å². The molecule has 1 N–H and O–H groups in total. The summed E-state index contributed by atoms with van der Waals surface area (Å²) >= 11 is 1.53. The molecular weight excluding hydrogens is 278 g/mol. The highest BCUT2D eigenvalue weighted by atomic mass is 32.1. The number of thiazole rings is 1. The molecule has 0 radical (unpaired) electrons. The molecule has 110 valence electrons. The predicted octanol–water partition coefficient (Wildman–Crippen LogP) is 0.563. The van der Waals surface area contributed by atoms with Gasteiger partial charge in [0.1, 0.15) is 5.01 Å². The maximum absolute atomic E-state index is 12.0. The Balaban J connectivity index is 1.80. The largest absolute Gasteiger partial charge is 0.383 e. The Morgan fingerprint density at radius 1 is 1.65 bits per heavy atom. The average Bonchev–Trinajstić information content (AvgIpc) is 3.00. The first-order valence-electron chi connectivity index (χ1n) is 6.55. The van der Waals surface area contributed by atoms with E-state index in [2.05, 4.69) is 10.3 Å². The van der Waals surface area contributed by atoms with E-state index in [0.29, 0.717) is 26.2 Å². The molecule has 0 bridgehead atoms. The van der Waals surface area contributed by atoms with E-state index in [1.165, 1.54) is 11.3 Å². The van der Waals surface area contributed by atoms with Gasteiger partial charge in [0.25, 0.3) is 0 Å². The van der Waals surface area contributed by atoms with Crippen LogP contribution in [0.4, 0.5) is 0 Å². The maximum Gasteiger partial charge on any atom is 0.225 e. The topological polar surface area (TPSA) is 71.5 Å². The Kier molecular flexibility index (Phi) is 5.08. The third kappa shape index (κ3) is 3.77. The van der Waals surface area contributed by atoms with Gasteiger partial charge >= 0.3 is 0 Å². The Morgan fingerprint density at radius 3 is 3.10 bits per heavy atom. The Labute approximate surface area is 122 Å². The van der Waals surface area contributed by atoms with Gasteiger partial charge in [0.05, 0.1) is 19.1 Å². The van der Waals surface area contributed by atoms with E-state index in [1.807, 2.05) is 12.3 Å². The van der Waals surface area contributed by atoms with Gasteiger partial charge in [-0.15, -0.1) is 11.3 Å². The number of nitrogens with zero attached hydrogens (tertiary/aromatic N) is 2. The fraction of sp³-hybridized carbons (Fsp3) is 0.615. The molecule has 0 aliphatic carbocycles. The summed E-state index contributed by atoms with van der Waals surface area (Å²) in [7, 11) is 1.60. The molecule has 0 saturated carbocycles. The Morgan fingerprint density at radius 2 is 2.45 bits per heavy atom. The molecule has 1 saturated heterocycles. The van der Waals surface area contributed by atoms with Crippen molar-refractivity contribution in [1.82, 2.24) is 15.2 Å². The average molecular weight is 297 g/mol. The van der Waals surface area contributed by atoms with E-state index in [-0.39, 0.29) is 24.2 Å². The van der Waals surface area contributed by atoms with Crippen molar-refractivity contribution in [2.45, 2.75) is 19.9 Å². The Bertz CT molecular complexity index is 489. The SMILES string of the molecule is COCCN1C[C@H](C(=O)NCc2nc(C)cs2)CC1=O. The predicted molar refractivity (Wildman–Crippen MR) is 75.3 cm³/mol. The van der Waals surface area contributed by atoms with E-state index in [1.54, 1.807) is 12.0 Å². The second-order valence-electron chi connectivity index (χ2n) is 4.83. The van der Waals surface area contributed by atoms with Gasteiger partial charge in [0.15, 0.2) is 0 Å². The molecule has 6 nitrogen and oxygen atoms in total. The lowest BCUT2D eigenvalue weighted by Gasteiger charge is -2.15. The van der Waals surface area contributed by atoms with E-state index in [4.69, 9.17) is 4.74 Å². The maximum atomic E-state index is 12.0. The first-order valence-corrected chi connectivity index (χ1v) is 7.43. The minimum absolute atomic E-state index is 0.0206. The van der Waals surface area contributed by atoms with Crippen LogP contribution in [0.5, 0.6) is 0 Å². The summed E-state index contributed by atoms with van der Waals surface area (Å²) < 4.78 is 4.95. The number of nitrogens with one attached hydrogen (secondary N) is 1. The third-order valence-corrected chi connectivity index (χ3v) is 4.20. The van der Waals surface area contributed by atoms with Crippen LogP contribution in [-0.2, 0) is 20.9 Å². The van der Waals surface area contributed by atoms with Crippen molar-refractivity contribution < 1.29 is 14.3 Å². The van der Waals surface area contributed by atoms with Crippen LogP contribution < -0.4 is 5.32 Å². The number of likely N-dealkylation sites (tertiary alicyclic amines) is 1. The molecule has 0 aromatic carbocycles. The molecule has 2 rings (SSSR count). The second-order valence-corrected chi connectivity index (χ2v) is 5.78. The standard InChI is InChI=1S/C13H19N3O3S/c1-9-8-20-11(15-9)6-14-13(18)10-5-12(17)16(7-10)3-4-19-2/h8,10H,3-7H2,1-2H3,(H,14,18)/t10-/m1/s1. The normalized spacial score (nSPS) is 18.6. The molecule has 0 unspecified atom stereocenters. The monoisotopic (exact) mass is 297 g/mol. The zero-order chi connectivity index (χ0) is 14.5. The summed E-state index contributed by atoms with van der Waals surface area (Å²) in [6.45, 7) is 3.87. The first kappa shape index (κ1) is 14.9. The van der Waals surface area contributed by atoms with Crippen LogP contribution in [0.15, 0.2) is 5.38 Å². The lowest BCUT2D eigenvalue weighted by atomic mass is 10.1. The van der Waals surface area contributed by atoms with Gasteiger partial charge in [-0.05, 0) is 6.92 Å². The van der Waals surface area contributed by atoms with Crippen LogP contribution in [0, 0.1) is 12.8 Å². The number of carbonyl (C=O) groups is 2. The molecule has 7 heteroatoms. The summed E-state index contributed by atoms with van der Waals surface area (Å²) in [6, 6.07) is 0. The highest BCUT2D eigenvalue weighted by molar-refractivity contribution is 7.09. The molecule has 0 spiro atoms. The number of aromatic nitrogens is 1. The van der Waals surface area contributed by atoms with Crippen LogP contribution in [0.25, 0.3) is 0 Å². The molecule has 1 aliphatic heterocycles. The number of methoxy groups -OCH3 is 1. The molecule has 20 heavy (non-hydrogen) atoms. The van der Waals surface area contributed by atoms with Crippen molar-refractivity contribution in [3.05, 3.63) is 16.1 Å². The molecule has 2 heterocycles. The number of aryl methyl sites for hydroxylation is 1. The lowest BCUT2D eigenvalue weighted by Crippen LogP contribution is -2.33. The van der Waals surface area contributed by atoms with E-state index < -0.39 is 0 Å². The Hall–Kier alpha value is -1.47. The highest BCUT2D eigenvalue weighted by Crippen LogP contribution is 2.18. The number of hydrogen-bond donors (Lipinski definition) is 1. The van der Waals surface area contributed by atoms with Crippen molar-refractivity contribution in [2.24, 2.45) is 5.92 Å². The van der Waals surface area contributed by atoms with Gasteiger partial charge in [0.2, 0.25) is 11.8 Å². The van der Waals surface area contributed by atoms with Gasteiger partial charge in [-0.1, -0.05) is 0 Å². The summed E-state index contributed by atoms with van der Waals surface area (Å²) in [5.41, 5.74) is 0.959. The van der Waals surface area contributed by atoms with Crippen molar-refractivity contribution in [1.29, 1.82) is 0 Å². The van der Waals surface area contributed by atoms with Crippen molar-refractivity contribution in [3.8, 4) is 0 Å². The van der Waals surface area contributed by atoms with Gasteiger partial charge in [-0.25, -0.2) is 4.98 Å². The van der Waals surface area contributed by atoms with Crippen LogP contribution in [0.3, 0.4) is 0 Å². The summed E-state index contributed by atoms with van der Waals surface area (Å²) in [4.78, 5) is 29.8. The van der Waals surface area contributed by atoms with Crippen LogP contribution in [0.1, 0.15) is 17.1 Å². The molecule has 1 fully saturated rings. The second kappa shape index (κ2) is 6.81. The van der Waals surface area contributed by atoms with E-state index >= 15 is 0 Å². The van der Waals surface area contributed by atoms with Crippen LogP contribution in [0.2, 0.25) is 0 Å².